The van der Waals surface area contributed by atoms with Gasteiger partial charge in [0, 0.05) is 0 Å². The summed E-state index contributed by atoms with van der Waals surface area (Å²) >= 11 is 0. The quantitative estimate of drug-likeness (QED) is 0.0282. The van der Waals surface area contributed by atoms with Gasteiger partial charge in [-0.1, -0.05) is 49.2 Å². The van der Waals surface area contributed by atoms with Crippen LogP contribution in [0.5, 0.6) is 0 Å². The molecule has 0 fully saturated rings. The Morgan fingerprint density at radius 3 is 0.299 bits per heavy atom. The summed E-state index contributed by atoms with van der Waals surface area (Å²) in [5, 5.41) is 2.44. The zero-order valence-corrected chi connectivity index (χ0v) is 52.9. The van der Waals surface area contributed by atoms with Crippen molar-refractivity contribution in [2.75, 3.05) is 16.0 Å². The van der Waals surface area contributed by atoms with Crippen LogP contribution in [-0.2, 0) is 0 Å². The van der Waals surface area contributed by atoms with Crippen LogP contribution in [0.25, 0.3) is 14.3 Å². The molecule has 117 heavy (non-hydrogen) atoms. The number of hydrogen-bond acceptors (Lipinski definition) is 6. The van der Waals surface area contributed by atoms with E-state index in [4.69, 9.17) is 0 Å². The predicted molar refractivity (Wildman–Crippen MR) is 302 cm³/mol. The van der Waals surface area contributed by atoms with Crippen molar-refractivity contribution < 1.29 is 198 Å². The van der Waals surface area contributed by atoms with E-state index in [2.05, 4.69) is 29.2 Å². The Kier molecular flexibility index (Phi) is 22.3. The van der Waals surface area contributed by atoms with Crippen LogP contribution in [0.4, 0.5) is 215 Å². The fourth-order valence-electron chi connectivity index (χ4n) is 11.9. The molecule has 9 aromatic carbocycles. The van der Waals surface area contributed by atoms with Crippen molar-refractivity contribution in [3.05, 3.63) is 276 Å². The van der Waals surface area contributed by atoms with Gasteiger partial charge >= 0.3 is 55.3 Å². The molecule has 0 unspecified atom stereocenters. The largest absolute Gasteiger partial charge is 0.435 e. The van der Waals surface area contributed by atoms with Crippen LogP contribution in [0.3, 0.4) is 0 Å². The van der Waals surface area contributed by atoms with Gasteiger partial charge in [0.15, 0.2) is 157 Å². The summed E-state index contributed by atoms with van der Waals surface area (Å²) in [5.41, 5.74) is -33.4. The van der Waals surface area contributed by atoms with Crippen molar-refractivity contribution in [1.29, 1.82) is 0 Å². The number of halogens is 45. The molecule has 1 aromatic heterocycles. The highest BCUT2D eigenvalue weighted by Crippen LogP contribution is 2.35. The highest BCUT2D eigenvalue weighted by Gasteiger charge is 2.59. The maximum absolute atomic E-state index is 16.4. The minimum atomic E-state index is -7.34. The molecular weight excluding hydrogens is 1730 g/mol. The number of nitrogens with zero attached hydrogens (tertiary/aromatic N) is 6. The first kappa shape index (κ1) is 86.3. The Balaban J connectivity index is 1.42. The number of benzene rings is 9. The Bertz CT molecular complexity index is 4960. The van der Waals surface area contributed by atoms with Crippen molar-refractivity contribution in [2.45, 2.75) is 0 Å². The molecule has 0 spiro atoms. The average Bonchev–Trinajstić information content (AvgIpc) is 0.709. The molecule has 612 valence electrons. The van der Waals surface area contributed by atoms with Crippen molar-refractivity contribution in [1.82, 2.24) is 15.0 Å². The molecule has 0 atom stereocenters. The Hall–Kier alpha value is -13.1. The number of hydrogen-bond donors (Lipinski definition) is 3. The summed E-state index contributed by atoms with van der Waals surface area (Å²) in [6.07, 6.45) is -20.4. The summed E-state index contributed by atoms with van der Waals surface area (Å²) in [5.74, 6) is -179. The fraction of sp³-hybridized carbons (Fsp3) is 0. The van der Waals surface area contributed by atoms with Gasteiger partial charge in [0.2, 0.25) is 0 Å². The third-order valence-electron chi connectivity index (χ3n) is 16.9. The molecule has 0 amide bonds. The van der Waals surface area contributed by atoms with E-state index in [0.717, 1.165) is 16.0 Å². The van der Waals surface area contributed by atoms with Crippen LogP contribution in [0.2, 0.25) is 0 Å². The van der Waals surface area contributed by atoms with E-state index in [-0.39, 0.29) is 0 Å². The molecule has 0 saturated carbocycles. The smallest absolute Gasteiger partial charge is 0.387 e. The minimum Gasteiger partial charge on any atom is -0.435 e. The fourth-order valence-corrected chi connectivity index (χ4v) is 11.9. The van der Waals surface area contributed by atoms with Crippen LogP contribution < -0.4 is 65.1 Å². The summed E-state index contributed by atoms with van der Waals surface area (Å²) in [7, 11) is 0. The van der Waals surface area contributed by atoms with Gasteiger partial charge in [-0.05, 0) is 0 Å². The van der Waals surface area contributed by atoms with Crippen molar-refractivity contribution in [2.24, 2.45) is 0 Å². The van der Waals surface area contributed by atoms with Gasteiger partial charge in [-0.15, -0.1) is 15.0 Å². The van der Waals surface area contributed by atoms with Crippen molar-refractivity contribution in [3.8, 4) is 18.6 Å². The van der Waals surface area contributed by atoms with Gasteiger partial charge in [0.1, 0.15) is 105 Å². The Morgan fingerprint density at radius 2 is 0.214 bits per heavy atom. The van der Waals surface area contributed by atoms with Crippen LogP contribution in [0.15, 0.2) is 0 Å². The molecule has 0 bridgehead atoms. The van der Waals surface area contributed by atoms with E-state index in [1.165, 1.54) is 0 Å². The predicted octanol–water partition coefficient (Wildman–Crippen LogP) is 13.2. The SMILES string of the molecule is Fc1c(F)c(F)c([B-]([N+]#CNc2nc(NC#[N+][B-](c3c(F)c(F)c(F)c(F)c3F)(c3c(F)c(F)c(F)c(F)c3F)c3c(F)c(F)c(F)c(F)c3F)nc(NC#[N+][B-](c3c(F)c(F)c(F)c(F)c3F)(c3c(F)c(F)c(F)c(F)c3F)c3c(F)c(F)c(F)c(F)c3F)n2)(c2c(F)c(F)c(F)c(F)c2F)c2c(F)c(F)c(F)c(F)c2F)c(F)c1F. The summed E-state index contributed by atoms with van der Waals surface area (Å²) < 4.78 is 712. The van der Waals surface area contributed by atoms with Gasteiger partial charge in [0.25, 0.3) is 0 Å². The number of aromatic nitrogens is 3. The van der Waals surface area contributed by atoms with Crippen LogP contribution in [0, 0.1) is 280 Å². The van der Waals surface area contributed by atoms with E-state index >= 15 is 158 Å². The maximum Gasteiger partial charge on any atom is 0.387 e. The molecule has 0 radical (unpaired) electrons. The van der Waals surface area contributed by atoms with Gasteiger partial charge in [-0.2, -0.15) is 16.0 Å². The topological polar surface area (TPSA) is 87.8 Å². The lowest BCUT2D eigenvalue weighted by atomic mass is 9.24. The summed E-state index contributed by atoms with van der Waals surface area (Å²) in [6, 6.07) is 0. The molecule has 0 saturated heterocycles. The molecule has 0 aliphatic carbocycles. The second kappa shape index (κ2) is 30.3. The maximum atomic E-state index is 16.4. The number of rotatable bonds is 12. The average molecular weight is 1740 g/mol. The van der Waals surface area contributed by atoms with Gasteiger partial charge < -0.3 is 14.3 Å². The van der Waals surface area contributed by atoms with Crippen LogP contribution in [-0.4, -0.2) is 33.8 Å². The number of nitrogens with one attached hydrogen (secondary N) is 3. The van der Waals surface area contributed by atoms with Crippen LogP contribution in [0.1, 0.15) is 0 Å². The molecule has 9 nitrogen and oxygen atoms in total. The summed E-state index contributed by atoms with van der Waals surface area (Å²) in [6.45, 7) is 0. The third kappa shape index (κ3) is 12.5. The van der Waals surface area contributed by atoms with E-state index in [1.807, 2.05) is 0 Å². The first-order chi connectivity index (χ1) is 54.3. The molecule has 0 aliphatic heterocycles. The highest BCUT2D eigenvalue weighted by atomic mass is 19.2. The van der Waals surface area contributed by atoms with Gasteiger partial charge in [-0.25, -0.2) is 198 Å². The lowest BCUT2D eigenvalue weighted by molar-refractivity contribution is 0.379. The Morgan fingerprint density at radius 1 is 0.137 bits per heavy atom. The van der Waals surface area contributed by atoms with Crippen molar-refractivity contribution >= 4 is 85.9 Å². The third-order valence-corrected chi connectivity index (χ3v) is 16.9. The second-order valence-electron chi connectivity index (χ2n) is 22.7. The molecule has 57 heteroatoms. The first-order valence-electron chi connectivity index (χ1n) is 28.9. The van der Waals surface area contributed by atoms with E-state index in [1.54, 1.807) is 0 Å². The lowest BCUT2D eigenvalue weighted by Crippen LogP contribution is -2.71. The van der Waals surface area contributed by atoms with Gasteiger partial charge in [-0.3, -0.25) is 0 Å². The van der Waals surface area contributed by atoms with E-state index < -0.39 is 348 Å². The molecule has 1 heterocycles. The van der Waals surface area contributed by atoms with E-state index in [0.29, 0.717) is 18.6 Å². The van der Waals surface area contributed by atoms with E-state index in [9.17, 15) is 39.5 Å². The molecule has 0 aliphatic rings. The standard InChI is InChI=1S/C60H3B3F45N9/c64-13-4(14(65)32(83)49(100)31(13)82)61(5-15(66)33(84)50(101)34(85)16(5)67,6-17(68)35(86)51(102)36(87)18(6)69)112-1-109-58-115-59(110-2-113-62(7-19(70)37(88)52(103)38(89)20(7)71,8-21(72)39(90)53(104)40(91)22(8)73)9-23(74)41(92)54(105)42(93)24(9)75)117-60(116-58)111-3-114-63(10-25(76)43(94)55(106)44(95)26(10)77,11-27(78)45(96)56(107)46(97)28(11)79)12-29(80)47(98)57(108)48(99)30(12)81/h(H3,109,110,111,115,116,117). The van der Waals surface area contributed by atoms with Crippen LogP contribution >= 0.6 is 0 Å². The lowest BCUT2D eigenvalue weighted by Gasteiger charge is -2.33. The molecule has 3 N–H and O–H groups in total. The highest BCUT2D eigenvalue weighted by molar-refractivity contribution is 7.15. The zero-order valence-electron chi connectivity index (χ0n) is 52.9. The first-order valence-corrected chi connectivity index (χ1v) is 28.9. The Labute approximate surface area is 608 Å². The zero-order chi connectivity index (χ0) is 87.9. The minimum absolute atomic E-state index is 0.559. The normalized spacial score (nSPS) is 11.8. The van der Waals surface area contributed by atoms with Gasteiger partial charge in [0.05, 0.1) is 0 Å². The monoisotopic (exact) mass is 1740 g/mol. The molecule has 10 aromatic rings. The number of anilines is 3. The van der Waals surface area contributed by atoms with Crippen molar-refractivity contribution in [3.63, 3.8) is 0 Å². The molecule has 10 rings (SSSR count). The molecular formula is C60H3B3F45N9. The summed E-state index contributed by atoms with van der Waals surface area (Å²) in [4.78, 5) is 8.64. The second-order valence-corrected chi connectivity index (χ2v) is 22.7.